The Morgan fingerprint density at radius 2 is 1.86 bits per heavy atom. The molecule has 3 heteroatoms. The lowest BCUT2D eigenvalue weighted by molar-refractivity contribution is 0.203. The monoisotopic (exact) mass is 302 g/mol. The van der Waals surface area contributed by atoms with Gasteiger partial charge in [-0.1, -0.05) is 30.3 Å². The van der Waals surface area contributed by atoms with Gasteiger partial charge in [-0.05, 0) is 45.0 Å². The van der Waals surface area contributed by atoms with Crippen LogP contribution in [0.4, 0.5) is 0 Å². The first kappa shape index (κ1) is 16.2. The Bertz CT molecular complexity index is 546. The van der Waals surface area contributed by atoms with Crippen molar-refractivity contribution in [3.8, 4) is 0 Å². The summed E-state index contributed by atoms with van der Waals surface area (Å²) >= 11 is 1.91. The van der Waals surface area contributed by atoms with Gasteiger partial charge in [-0.15, -0.1) is 11.3 Å². The lowest BCUT2D eigenvalue weighted by Crippen LogP contribution is -2.29. The summed E-state index contributed by atoms with van der Waals surface area (Å²) in [6, 6.07) is 13.6. The summed E-state index contributed by atoms with van der Waals surface area (Å²) in [5, 5.41) is 3.24. The van der Waals surface area contributed by atoms with E-state index in [1.165, 1.54) is 20.9 Å². The molecule has 0 amide bonds. The van der Waals surface area contributed by atoms with Gasteiger partial charge in [0.1, 0.15) is 0 Å². The standard InChI is InChI=1S/C18H26N2S/c1-14(2)20(12-16-8-6-5-7-9-16)13-17-10-18(11-19-4)21-15(17)3/h5-10,14,19H,11-13H2,1-4H3. The van der Waals surface area contributed by atoms with E-state index in [4.69, 9.17) is 0 Å². The zero-order chi connectivity index (χ0) is 15.2. The molecule has 0 radical (unpaired) electrons. The van der Waals surface area contributed by atoms with Crippen molar-refractivity contribution in [2.75, 3.05) is 7.05 Å². The lowest BCUT2D eigenvalue weighted by Gasteiger charge is -2.26. The van der Waals surface area contributed by atoms with Crippen LogP contribution in [-0.2, 0) is 19.6 Å². The first-order valence-corrected chi connectivity index (χ1v) is 8.42. The molecule has 0 saturated carbocycles. The van der Waals surface area contributed by atoms with E-state index in [1.807, 2.05) is 18.4 Å². The highest BCUT2D eigenvalue weighted by Gasteiger charge is 2.14. The number of nitrogens with zero attached hydrogens (tertiary/aromatic N) is 1. The third-order valence-electron chi connectivity index (χ3n) is 3.75. The summed E-state index contributed by atoms with van der Waals surface area (Å²) in [7, 11) is 2.00. The minimum atomic E-state index is 0.539. The first-order valence-electron chi connectivity index (χ1n) is 7.61. The smallest absolute Gasteiger partial charge is 0.0296 e. The summed E-state index contributed by atoms with van der Waals surface area (Å²) in [5.74, 6) is 0. The van der Waals surface area contributed by atoms with Crippen LogP contribution in [0.5, 0.6) is 0 Å². The van der Waals surface area contributed by atoms with Crippen molar-refractivity contribution >= 4 is 11.3 Å². The third-order valence-corrected chi connectivity index (χ3v) is 4.85. The van der Waals surface area contributed by atoms with E-state index in [0.717, 1.165) is 19.6 Å². The average molecular weight is 302 g/mol. The second kappa shape index (κ2) is 7.74. The third kappa shape index (κ3) is 4.67. The van der Waals surface area contributed by atoms with Crippen molar-refractivity contribution < 1.29 is 0 Å². The van der Waals surface area contributed by atoms with Crippen LogP contribution in [-0.4, -0.2) is 18.0 Å². The number of aryl methyl sites for hydroxylation is 1. The number of thiophene rings is 1. The Labute approximate surface area is 132 Å². The number of rotatable bonds is 7. The summed E-state index contributed by atoms with van der Waals surface area (Å²) < 4.78 is 0. The molecule has 1 aromatic heterocycles. The van der Waals surface area contributed by atoms with Crippen molar-refractivity contribution in [2.45, 2.75) is 46.4 Å². The Kier molecular flexibility index (Phi) is 5.97. The molecule has 1 aromatic carbocycles. The van der Waals surface area contributed by atoms with Gasteiger partial charge < -0.3 is 5.32 Å². The summed E-state index contributed by atoms with van der Waals surface area (Å²) in [4.78, 5) is 5.40. The fraction of sp³-hybridized carbons (Fsp3) is 0.444. The molecule has 1 heterocycles. The highest BCUT2D eigenvalue weighted by Crippen LogP contribution is 2.24. The van der Waals surface area contributed by atoms with Crippen molar-refractivity contribution in [3.63, 3.8) is 0 Å². The molecule has 0 bridgehead atoms. The van der Waals surface area contributed by atoms with Crippen molar-refractivity contribution in [1.29, 1.82) is 0 Å². The molecule has 114 valence electrons. The molecule has 0 aliphatic carbocycles. The van der Waals surface area contributed by atoms with Gasteiger partial charge in [0.05, 0.1) is 0 Å². The fourth-order valence-corrected chi connectivity index (χ4v) is 3.53. The molecule has 2 aromatic rings. The second-order valence-corrected chi connectivity index (χ2v) is 7.15. The van der Waals surface area contributed by atoms with Crippen LogP contribution in [0.3, 0.4) is 0 Å². The molecule has 2 nitrogen and oxygen atoms in total. The average Bonchev–Trinajstić information content (AvgIpc) is 2.79. The lowest BCUT2D eigenvalue weighted by atomic mass is 10.1. The molecule has 2 rings (SSSR count). The van der Waals surface area contributed by atoms with E-state index in [2.05, 4.69) is 67.4 Å². The molecule has 0 aliphatic heterocycles. The van der Waals surface area contributed by atoms with Crippen LogP contribution in [0.2, 0.25) is 0 Å². The van der Waals surface area contributed by atoms with Gasteiger partial charge >= 0.3 is 0 Å². The molecule has 0 saturated heterocycles. The van der Waals surface area contributed by atoms with Crippen LogP contribution >= 0.6 is 11.3 Å². The van der Waals surface area contributed by atoms with Gasteiger partial charge in [0, 0.05) is 35.4 Å². The summed E-state index contributed by atoms with van der Waals surface area (Å²) in [5.41, 5.74) is 2.85. The van der Waals surface area contributed by atoms with Crippen LogP contribution < -0.4 is 5.32 Å². The molecule has 1 N–H and O–H groups in total. The number of hydrogen-bond donors (Lipinski definition) is 1. The van der Waals surface area contributed by atoms with Gasteiger partial charge in [0.25, 0.3) is 0 Å². The van der Waals surface area contributed by atoms with Crippen LogP contribution in [0.1, 0.15) is 34.7 Å². The Morgan fingerprint density at radius 3 is 2.48 bits per heavy atom. The predicted molar refractivity (Wildman–Crippen MR) is 92.6 cm³/mol. The topological polar surface area (TPSA) is 15.3 Å². The highest BCUT2D eigenvalue weighted by atomic mass is 32.1. The number of hydrogen-bond acceptors (Lipinski definition) is 3. The molecule has 0 fully saturated rings. The Balaban J connectivity index is 2.09. The van der Waals surface area contributed by atoms with E-state index >= 15 is 0 Å². The number of nitrogens with one attached hydrogen (secondary N) is 1. The van der Waals surface area contributed by atoms with Gasteiger partial charge in [-0.3, -0.25) is 4.90 Å². The van der Waals surface area contributed by atoms with Crippen LogP contribution in [0.15, 0.2) is 36.4 Å². The molecule has 0 atom stereocenters. The van der Waals surface area contributed by atoms with E-state index in [0.29, 0.717) is 6.04 Å². The van der Waals surface area contributed by atoms with Crippen molar-refractivity contribution in [1.82, 2.24) is 10.2 Å². The van der Waals surface area contributed by atoms with Crippen LogP contribution in [0.25, 0.3) is 0 Å². The maximum Gasteiger partial charge on any atom is 0.0296 e. The molecule has 0 unspecified atom stereocenters. The summed E-state index contributed by atoms with van der Waals surface area (Å²) in [6.45, 7) is 9.79. The maximum atomic E-state index is 3.24. The zero-order valence-corrected chi connectivity index (χ0v) is 14.3. The van der Waals surface area contributed by atoms with Gasteiger partial charge in [0.2, 0.25) is 0 Å². The number of benzene rings is 1. The first-order chi connectivity index (χ1) is 10.1. The van der Waals surface area contributed by atoms with Gasteiger partial charge in [-0.25, -0.2) is 0 Å². The molecular formula is C18H26N2S. The van der Waals surface area contributed by atoms with E-state index < -0.39 is 0 Å². The Morgan fingerprint density at radius 1 is 1.14 bits per heavy atom. The van der Waals surface area contributed by atoms with Gasteiger partial charge in [0.15, 0.2) is 0 Å². The fourth-order valence-electron chi connectivity index (χ4n) is 2.46. The normalized spacial score (nSPS) is 11.5. The highest BCUT2D eigenvalue weighted by molar-refractivity contribution is 7.12. The molecular weight excluding hydrogens is 276 g/mol. The van der Waals surface area contributed by atoms with E-state index in [1.54, 1.807) is 0 Å². The Hall–Kier alpha value is -1.16. The predicted octanol–water partition coefficient (Wildman–Crippen LogP) is 4.19. The van der Waals surface area contributed by atoms with Crippen LogP contribution in [0, 0.1) is 6.92 Å². The van der Waals surface area contributed by atoms with Crippen molar-refractivity contribution in [3.05, 3.63) is 57.3 Å². The minimum absolute atomic E-state index is 0.539. The quantitative estimate of drug-likeness (QED) is 0.825. The van der Waals surface area contributed by atoms with Crippen molar-refractivity contribution in [2.24, 2.45) is 0 Å². The zero-order valence-electron chi connectivity index (χ0n) is 13.5. The molecule has 0 spiro atoms. The van der Waals surface area contributed by atoms with E-state index in [-0.39, 0.29) is 0 Å². The minimum Gasteiger partial charge on any atom is -0.315 e. The molecule has 0 aliphatic rings. The van der Waals surface area contributed by atoms with Gasteiger partial charge in [-0.2, -0.15) is 0 Å². The second-order valence-electron chi connectivity index (χ2n) is 5.81. The maximum absolute atomic E-state index is 3.24. The van der Waals surface area contributed by atoms with E-state index in [9.17, 15) is 0 Å². The summed E-state index contributed by atoms with van der Waals surface area (Å²) in [6.07, 6.45) is 0. The molecule has 21 heavy (non-hydrogen) atoms. The SMILES string of the molecule is CNCc1cc(CN(Cc2ccccc2)C(C)C)c(C)s1. The largest absolute Gasteiger partial charge is 0.315 e.